The van der Waals surface area contributed by atoms with Gasteiger partial charge in [0.25, 0.3) is 5.91 Å². The van der Waals surface area contributed by atoms with Gasteiger partial charge in [0, 0.05) is 18.4 Å². The first-order chi connectivity index (χ1) is 11.3. The zero-order valence-corrected chi connectivity index (χ0v) is 14.9. The minimum atomic E-state index is -0.158. The molecule has 3 rings (SSSR count). The largest absolute Gasteiger partial charge is 0.376 e. The Bertz CT molecular complexity index is 644. The summed E-state index contributed by atoms with van der Waals surface area (Å²) in [7, 11) is 0. The van der Waals surface area contributed by atoms with E-state index in [0.29, 0.717) is 18.7 Å². The SMILES string of the molecule is Cl.NCCc1nc(C(=O)NC(c2ccccc2)C2CCCO2)cs1. The lowest BCUT2D eigenvalue weighted by Gasteiger charge is -2.24. The first kappa shape index (κ1) is 18.9. The van der Waals surface area contributed by atoms with Gasteiger partial charge in [0.15, 0.2) is 0 Å². The highest BCUT2D eigenvalue weighted by atomic mass is 35.5. The van der Waals surface area contributed by atoms with Crippen LogP contribution in [0.5, 0.6) is 0 Å². The van der Waals surface area contributed by atoms with Crippen LogP contribution in [0, 0.1) is 0 Å². The smallest absolute Gasteiger partial charge is 0.271 e. The molecule has 0 saturated carbocycles. The molecule has 2 unspecified atom stereocenters. The minimum Gasteiger partial charge on any atom is -0.376 e. The van der Waals surface area contributed by atoms with Crippen LogP contribution in [0.1, 0.15) is 39.9 Å². The predicted octanol–water partition coefficient (Wildman–Crippen LogP) is 2.72. The number of thiazole rings is 1. The van der Waals surface area contributed by atoms with E-state index in [9.17, 15) is 4.79 Å². The van der Waals surface area contributed by atoms with E-state index in [1.54, 1.807) is 5.38 Å². The second-order valence-corrected chi connectivity index (χ2v) is 6.52. The van der Waals surface area contributed by atoms with E-state index < -0.39 is 0 Å². The number of halogens is 1. The first-order valence-electron chi connectivity index (χ1n) is 7.90. The molecule has 1 fully saturated rings. The second kappa shape index (κ2) is 9.13. The van der Waals surface area contributed by atoms with Crippen molar-refractivity contribution in [3.05, 3.63) is 52.0 Å². The van der Waals surface area contributed by atoms with Gasteiger partial charge >= 0.3 is 0 Å². The molecule has 5 nitrogen and oxygen atoms in total. The molecule has 0 bridgehead atoms. The number of carbonyl (C=O) groups is 1. The van der Waals surface area contributed by atoms with Gasteiger partial charge in [-0.3, -0.25) is 4.79 Å². The van der Waals surface area contributed by atoms with Crippen molar-refractivity contribution in [2.75, 3.05) is 13.2 Å². The van der Waals surface area contributed by atoms with Crippen molar-refractivity contribution in [2.24, 2.45) is 5.73 Å². The minimum absolute atomic E-state index is 0. The monoisotopic (exact) mass is 367 g/mol. The van der Waals surface area contributed by atoms with Gasteiger partial charge < -0.3 is 15.8 Å². The summed E-state index contributed by atoms with van der Waals surface area (Å²) in [5, 5.41) is 5.78. The van der Waals surface area contributed by atoms with Gasteiger partial charge in [-0.2, -0.15) is 0 Å². The fourth-order valence-electron chi connectivity index (χ4n) is 2.79. The summed E-state index contributed by atoms with van der Waals surface area (Å²) in [4.78, 5) is 16.9. The molecule has 1 aromatic carbocycles. The molecule has 0 radical (unpaired) electrons. The molecular weight excluding hydrogens is 346 g/mol. The van der Waals surface area contributed by atoms with E-state index in [1.165, 1.54) is 11.3 Å². The number of nitrogens with one attached hydrogen (secondary N) is 1. The number of carbonyl (C=O) groups excluding carboxylic acids is 1. The van der Waals surface area contributed by atoms with Gasteiger partial charge in [0.2, 0.25) is 0 Å². The quantitative estimate of drug-likeness (QED) is 0.822. The molecule has 1 aliphatic heterocycles. The molecule has 2 aromatic rings. The number of nitrogens with two attached hydrogens (primary N) is 1. The van der Waals surface area contributed by atoms with E-state index in [1.807, 2.05) is 30.3 Å². The van der Waals surface area contributed by atoms with Crippen LogP contribution in [-0.4, -0.2) is 30.1 Å². The van der Waals surface area contributed by atoms with Crippen LogP contribution in [0.3, 0.4) is 0 Å². The Hall–Kier alpha value is -1.47. The van der Waals surface area contributed by atoms with Crippen LogP contribution in [0.4, 0.5) is 0 Å². The summed E-state index contributed by atoms with van der Waals surface area (Å²) in [6, 6.07) is 9.82. The van der Waals surface area contributed by atoms with Crippen LogP contribution < -0.4 is 11.1 Å². The third-order valence-electron chi connectivity index (χ3n) is 3.92. The zero-order chi connectivity index (χ0) is 16.1. The summed E-state index contributed by atoms with van der Waals surface area (Å²) in [5.74, 6) is -0.158. The van der Waals surface area contributed by atoms with Crippen LogP contribution in [-0.2, 0) is 11.2 Å². The normalized spacial score (nSPS) is 18.0. The van der Waals surface area contributed by atoms with Crippen LogP contribution in [0.25, 0.3) is 0 Å². The number of nitrogens with zero attached hydrogens (tertiary/aromatic N) is 1. The first-order valence-corrected chi connectivity index (χ1v) is 8.78. The van der Waals surface area contributed by atoms with Gasteiger partial charge in [-0.25, -0.2) is 4.98 Å². The van der Waals surface area contributed by atoms with E-state index in [4.69, 9.17) is 10.5 Å². The lowest BCUT2D eigenvalue weighted by atomic mass is 9.99. The van der Waals surface area contributed by atoms with Gasteiger partial charge in [0.1, 0.15) is 5.69 Å². The fourth-order valence-corrected chi connectivity index (χ4v) is 3.58. The zero-order valence-electron chi connectivity index (χ0n) is 13.3. The lowest BCUT2D eigenvalue weighted by Crippen LogP contribution is -2.36. The van der Waals surface area contributed by atoms with E-state index >= 15 is 0 Å². The maximum absolute atomic E-state index is 12.5. The molecule has 0 aliphatic carbocycles. The van der Waals surface area contributed by atoms with E-state index in [-0.39, 0.29) is 30.5 Å². The third-order valence-corrected chi connectivity index (χ3v) is 4.83. The number of aromatic nitrogens is 1. The van der Waals surface area contributed by atoms with Crippen LogP contribution >= 0.6 is 23.7 Å². The molecule has 130 valence electrons. The predicted molar refractivity (Wildman–Crippen MR) is 97.7 cm³/mol. The molecule has 2 heterocycles. The Morgan fingerprint density at radius 2 is 2.21 bits per heavy atom. The topological polar surface area (TPSA) is 77.2 Å². The molecule has 0 spiro atoms. The number of amides is 1. The Morgan fingerprint density at radius 3 is 2.88 bits per heavy atom. The standard InChI is InChI=1S/C17H21N3O2S.ClH/c18-9-8-15-19-13(11-23-15)17(21)20-16(14-7-4-10-22-14)12-5-2-1-3-6-12;/h1-3,5-6,11,14,16H,4,7-10,18H2,(H,20,21);1H. The Balaban J connectivity index is 0.00000208. The Kier molecular flexibility index (Phi) is 7.17. The highest BCUT2D eigenvalue weighted by Gasteiger charge is 2.29. The van der Waals surface area contributed by atoms with Gasteiger partial charge in [-0.05, 0) is 24.9 Å². The van der Waals surface area contributed by atoms with Crippen LogP contribution in [0.15, 0.2) is 35.7 Å². The lowest BCUT2D eigenvalue weighted by molar-refractivity contribution is 0.0670. The van der Waals surface area contributed by atoms with Crippen molar-refractivity contribution in [3.63, 3.8) is 0 Å². The molecule has 1 saturated heterocycles. The van der Waals surface area contributed by atoms with Crippen LogP contribution in [0.2, 0.25) is 0 Å². The number of ether oxygens (including phenoxy) is 1. The van der Waals surface area contributed by atoms with Crippen molar-refractivity contribution in [1.29, 1.82) is 0 Å². The Labute approximate surface area is 152 Å². The van der Waals surface area contributed by atoms with Gasteiger partial charge in [-0.1, -0.05) is 30.3 Å². The second-order valence-electron chi connectivity index (χ2n) is 5.58. The number of benzene rings is 1. The summed E-state index contributed by atoms with van der Waals surface area (Å²) < 4.78 is 5.80. The molecule has 3 N–H and O–H groups in total. The van der Waals surface area contributed by atoms with E-state index in [0.717, 1.165) is 30.0 Å². The highest BCUT2D eigenvalue weighted by Crippen LogP contribution is 2.27. The van der Waals surface area contributed by atoms with Crippen molar-refractivity contribution in [1.82, 2.24) is 10.3 Å². The molecule has 1 aliphatic rings. The van der Waals surface area contributed by atoms with Gasteiger partial charge in [0.05, 0.1) is 17.2 Å². The van der Waals surface area contributed by atoms with Gasteiger partial charge in [-0.15, -0.1) is 23.7 Å². The third kappa shape index (κ3) is 4.54. The maximum Gasteiger partial charge on any atom is 0.271 e. The molecule has 1 amide bonds. The van der Waals surface area contributed by atoms with Crippen molar-refractivity contribution in [3.8, 4) is 0 Å². The molecule has 24 heavy (non-hydrogen) atoms. The molecule has 7 heteroatoms. The Morgan fingerprint density at radius 1 is 1.42 bits per heavy atom. The van der Waals surface area contributed by atoms with Crippen molar-refractivity contribution in [2.45, 2.75) is 31.4 Å². The molecular formula is C17H22ClN3O2S. The average molecular weight is 368 g/mol. The highest BCUT2D eigenvalue weighted by molar-refractivity contribution is 7.09. The number of hydrogen-bond donors (Lipinski definition) is 2. The number of hydrogen-bond acceptors (Lipinski definition) is 5. The maximum atomic E-state index is 12.5. The number of rotatable bonds is 6. The average Bonchev–Trinajstić information content (AvgIpc) is 3.25. The molecule has 2 atom stereocenters. The van der Waals surface area contributed by atoms with Crippen molar-refractivity contribution >= 4 is 29.7 Å². The summed E-state index contributed by atoms with van der Waals surface area (Å²) in [6.45, 7) is 1.29. The summed E-state index contributed by atoms with van der Waals surface area (Å²) in [6.07, 6.45) is 2.70. The fraction of sp³-hybridized carbons (Fsp3) is 0.412. The summed E-state index contributed by atoms with van der Waals surface area (Å²) >= 11 is 1.47. The molecule has 1 aromatic heterocycles. The summed E-state index contributed by atoms with van der Waals surface area (Å²) in [5.41, 5.74) is 7.05. The van der Waals surface area contributed by atoms with E-state index in [2.05, 4.69) is 10.3 Å². The van der Waals surface area contributed by atoms with Crippen molar-refractivity contribution < 1.29 is 9.53 Å².